The van der Waals surface area contributed by atoms with Crippen molar-refractivity contribution in [1.29, 1.82) is 0 Å². The predicted octanol–water partition coefficient (Wildman–Crippen LogP) is 3.85. The monoisotopic (exact) mass is 327 g/mol. The van der Waals surface area contributed by atoms with Gasteiger partial charge in [0.05, 0.1) is 11.9 Å². The molecular weight excluding hydrogens is 305 g/mol. The quantitative estimate of drug-likeness (QED) is 0.928. The molecule has 0 bridgehead atoms. The minimum Gasteiger partial charge on any atom is -0.380 e. The van der Waals surface area contributed by atoms with E-state index in [1.165, 1.54) is 18.9 Å². The van der Waals surface area contributed by atoms with E-state index >= 15 is 0 Å². The molecule has 5 heteroatoms. The van der Waals surface area contributed by atoms with Crippen molar-refractivity contribution in [3.63, 3.8) is 0 Å². The maximum absolute atomic E-state index is 13.6. The molecule has 0 unspecified atom stereocenters. The van der Waals surface area contributed by atoms with Gasteiger partial charge in [-0.25, -0.2) is 9.37 Å². The summed E-state index contributed by atoms with van der Waals surface area (Å²) >= 11 is 0. The molecule has 3 rings (SSSR count). The molecule has 1 aliphatic rings. The van der Waals surface area contributed by atoms with Gasteiger partial charge in [0.15, 0.2) is 0 Å². The smallest absolute Gasteiger partial charge is 0.272 e. The third-order valence-electron chi connectivity index (χ3n) is 4.32. The molecule has 2 aromatic rings. The van der Waals surface area contributed by atoms with E-state index in [0.717, 1.165) is 31.6 Å². The highest BCUT2D eigenvalue weighted by molar-refractivity contribution is 5.92. The molecule has 0 spiro atoms. The lowest BCUT2D eigenvalue weighted by Gasteiger charge is -2.19. The number of hydrogen-bond donors (Lipinski definition) is 1. The molecule has 1 amide bonds. The number of hydrogen-bond acceptors (Lipinski definition) is 3. The number of aromatic nitrogens is 1. The molecule has 4 nitrogen and oxygen atoms in total. The summed E-state index contributed by atoms with van der Waals surface area (Å²) in [6, 6.07) is 10.2. The number of pyridine rings is 1. The summed E-state index contributed by atoms with van der Waals surface area (Å²) in [6.07, 6.45) is 6.14. The molecule has 1 fully saturated rings. The first-order valence-electron chi connectivity index (χ1n) is 8.46. The van der Waals surface area contributed by atoms with Crippen LogP contribution >= 0.6 is 0 Å². The Kier molecular flexibility index (Phi) is 5.41. The van der Waals surface area contributed by atoms with Crippen LogP contribution in [0.15, 0.2) is 42.6 Å². The zero-order chi connectivity index (χ0) is 16.8. The van der Waals surface area contributed by atoms with Crippen molar-refractivity contribution in [1.82, 2.24) is 9.88 Å². The Morgan fingerprint density at radius 2 is 1.83 bits per heavy atom. The molecule has 126 valence electrons. The fraction of sp³-hybridized carbons (Fsp3) is 0.368. The van der Waals surface area contributed by atoms with Crippen molar-refractivity contribution in [2.24, 2.45) is 0 Å². The number of carbonyl (C=O) groups excluding carboxylic acids is 1. The number of amides is 1. The van der Waals surface area contributed by atoms with Crippen molar-refractivity contribution in [3.05, 3.63) is 59.7 Å². The molecule has 0 saturated carbocycles. The van der Waals surface area contributed by atoms with Gasteiger partial charge < -0.3 is 10.2 Å². The van der Waals surface area contributed by atoms with Crippen LogP contribution in [0.5, 0.6) is 0 Å². The number of carbonyl (C=O) groups is 1. The maximum atomic E-state index is 13.6. The highest BCUT2D eigenvalue weighted by Gasteiger charge is 2.18. The number of nitrogens with one attached hydrogen (secondary N) is 1. The van der Waals surface area contributed by atoms with E-state index in [1.807, 2.05) is 11.0 Å². The first-order valence-corrected chi connectivity index (χ1v) is 8.46. The molecule has 0 radical (unpaired) electrons. The lowest BCUT2D eigenvalue weighted by Crippen LogP contribution is -2.32. The van der Waals surface area contributed by atoms with Gasteiger partial charge in [0.2, 0.25) is 0 Å². The minimum atomic E-state index is -0.231. The summed E-state index contributed by atoms with van der Waals surface area (Å²) in [6.45, 7) is 2.01. The van der Waals surface area contributed by atoms with Crippen LogP contribution in [0.2, 0.25) is 0 Å². The SMILES string of the molecule is O=C(c1ccc(NCc2ccccc2F)cn1)N1CCCCCC1. The van der Waals surface area contributed by atoms with E-state index in [-0.39, 0.29) is 11.7 Å². The minimum absolute atomic E-state index is 0.00226. The number of likely N-dealkylation sites (tertiary alicyclic amines) is 1. The largest absolute Gasteiger partial charge is 0.380 e. The lowest BCUT2D eigenvalue weighted by atomic mass is 10.2. The molecule has 1 aromatic heterocycles. The number of halogens is 1. The Morgan fingerprint density at radius 1 is 1.08 bits per heavy atom. The topological polar surface area (TPSA) is 45.2 Å². The van der Waals surface area contributed by atoms with E-state index < -0.39 is 0 Å². The molecule has 1 N–H and O–H groups in total. The predicted molar refractivity (Wildman–Crippen MR) is 92.3 cm³/mol. The molecular formula is C19H22FN3O. The van der Waals surface area contributed by atoms with Crippen molar-refractivity contribution < 1.29 is 9.18 Å². The van der Waals surface area contributed by atoms with Crippen LogP contribution in [0, 0.1) is 5.82 Å². The van der Waals surface area contributed by atoms with E-state index in [1.54, 1.807) is 30.5 Å². The molecule has 0 atom stereocenters. The Morgan fingerprint density at radius 3 is 2.50 bits per heavy atom. The molecule has 0 aliphatic carbocycles. The second-order valence-electron chi connectivity index (χ2n) is 6.08. The van der Waals surface area contributed by atoms with Gasteiger partial charge in [-0.3, -0.25) is 4.79 Å². The number of nitrogens with zero attached hydrogens (tertiary/aromatic N) is 2. The van der Waals surface area contributed by atoms with Crippen molar-refractivity contribution >= 4 is 11.6 Å². The zero-order valence-electron chi connectivity index (χ0n) is 13.7. The average molecular weight is 327 g/mol. The van der Waals surface area contributed by atoms with Gasteiger partial charge in [-0.15, -0.1) is 0 Å². The van der Waals surface area contributed by atoms with Crippen LogP contribution < -0.4 is 5.32 Å². The number of rotatable bonds is 4. The standard InChI is InChI=1S/C19H22FN3O/c20-17-8-4-3-7-15(17)13-21-16-9-10-18(22-14-16)19(24)23-11-5-1-2-6-12-23/h3-4,7-10,14,21H,1-2,5-6,11-13H2. The average Bonchev–Trinajstić information content (AvgIpc) is 2.90. The number of benzene rings is 1. The summed E-state index contributed by atoms with van der Waals surface area (Å²) in [5.41, 5.74) is 1.83. The maximum Gasteiger partial charge on any atom is 0.272 e. The van der Waals surface area contributed by atoms with Gasteiger partial charge in [-0.2, -0.15) is 0 Å². The van der Waals surface area contributed by atoms with Gasteiger partial charge >= 0.3 is 0 Å². The van der Waals surface area contributed by atoms with E-state index in [0.29, 0.717) is 17.8 Å². The van der Waals surface area contributed by atoms with Gasteiger partial charge in [0.25, 0.3) is 5.91 Å². The van der Waals surface area contributed by atoms with Crippen LogP contribution in [0.3, 0.4) is 0 Å². The van der Waals surface area contributed by atoms with Crippen LogP contribution in [-0.2, 0) is 6.54 Å². The van der Waals surface area contributed by atoms with Crippen molar-refractivity contribution in [2.75, 3.05) is 18.4 Å². The second-order valence-corrected chi connectivity index (χ2v) is 6.08. The summed E-state index contributed by atoms with van der Waals surface area (Å²) in [7, 11) is 0. The van der Waals surface area contributed by atoms with Gasteiger partial charge in [-0.05, 0) is 31.0 Å². The fourth-order valence-electron chi connectivity index (χ4n) is 2.90. The highest BCUT2D eigenvalue weighted by atomic mass is 19.1. The van der Waals surface area contributed by atoms with Crippen molar-refractivity contribution in [2.45, 2.75) is 32.2 Å². The molecule has 1 aromatic carbocycles. The van der Waals surface area contributed by atoms with E-state index in [2.05, 4.69) is 10.3 Å². The summed E-state index contributed by atoms with van der Waals surface area (Å²) < 4.78 is 13.6. The van der Waals surface area contributed by atoms with E-state index in [4.69, 9.17) is 0 Å². The third-order valence-corrected chi connectivity index (χ3v) is 4.32. The highest BCUT2D eigenvalue weighted by Crippen LogP contribution is 2.15. The summed E-state index contributed by atoms with van der Waals surface area (Å²) in [5, 5.41) is 3.13. The Balaban J connectivity index is 1.60. The van der Waals surface area contributed by atoms with E-state index in [9.17, 15) is 9.18 Å². The summed E-state index contributed by atoms with van der Waals surface area (Å²) in [5.74, 6) is -0.233. The Labute approximate surface area is 141 Å². The molecule has 1 aliphatic heterocycles. The molecule has 1 saturated heterocycles. The van der Waals surface area contributed by atoms with Crippen LogP contribution in [0.1, 0.15) is 41.7 Å². The third kappa shape index (κ3) is 4.10. The Hall–Kier alpha value is -2.43. The van der Waals surface area contributed by atoms with Gasteiger partial charge in [0, 0.05) is 25.2 Å². The number of anilines is 1. The first kappa shape index (κ1) is 16.4. The Bertz CT molecular complexity index is 679. The zero-order valence-corrected chi connectivity index (χ0v) is 13.7. The second kappa shape index (κ2) is 7.90. The van der Waals surface area contributed by atoms with Crippen LogP contribution in [0.25, 0.3) is 0 Å². The van der Waals surface area contributed by atoms with Crippen molar-refractivity contribution in [3.8, 4) is 0 Å². The lowest BCUT2D eigenvalue weighted by molar-refractivity contribution is 0.0756. The van der Waals surface area contributed by atoms with Gasteiger partial charge in [0.1, 0.15) is 11.5 Å². The molecule has 2 heterocycles. The normalized spacial score (nSPS) is 15.0. The van der Waals surface area contributed by atoms with Crippen LogP contribution in [-0.4, -0.2) is 28.9 Å². The fourth-order valence-corrected chi connectivity index (χ4v) is 2.90. The summed E-state index contributed by atoms with van der Waals surface area (Å²) in [4.78, 5) is 18.6. The van der Waals surface area contributed by atoms with Gasteiger partial charge in [-0.1, -0.05) is 31.0 Å². The first-order chi connectivity index (χ1) is 11.7. The van der Waals surface area contributed by atoms with Crippen LogP contribution in [0.4, 0.5) is 10.1 Å². The molecule has 24 heavy (non-hydrogen) atoms.